The van der Waals surface area contributed by atoms with Crippen LogP contribution < -0.4 is 0 Å². The average molecular weight is 414 g/mol. The lowest BCUT2D eigenvalue weighted by Gasteiger charge is -2.01. The fraction of sp³-hybridized carbons (Fsp3) is 0.200. The molecule has 0 amide bonds. The standard InChI is InChI=1S/C10H8I2S/c1-2-6-3-4-7-8(11)5-13-10(7)9(6)12/h3-5H,2H2,1H3. The van der Waals surface area contributed by atoms with Gasteiger partial charge >= 0.3 is 0 Å². The molecule has 0 saturated heterocycles. The van der Waals surface area contributed by atoms with Crippen LogP contribution in [0.1, 0.15) is 12.5 Å². The molecule has 0 aliphatic rings. The van der Waals surface area contributed by atoms with Crippen molar-refractivity contribution in [3.05, 3.63) is 30.2 Å². The summed E-state index contributed by atoms with van der Waals surface area (Å²) in [5.74, 6) is 0. The number of hydrogen-bond donors (Lipinski definition) is 0. The molecule has 3 heteroatoms. The first-order valence-electron chi connectivity index (χ1n) is 4.08. The van der Waals surface area contributed by atoms with Crippen molar-refractivity contribution < 1.29 is 0 Å². The summed E-state index contributed by atoms with van der Waals surface area (Å²) in [6, 6.07) is 4.49. The van der Waals surface area contributed by atoms with E-state index in [1.165, 1.54) is 22.8 Å². The molecular formula is C10H8I2S. The number of rotatable bonds is 1. The lowest BCUT2D eigenvalue weighted by molar-refractivity contribution is 1.13. The van der Waals surface area contributed by atoms with E-state index < -0.39 is 0 Å². The first kappa shape index (κ1) is 10.2. The highest BCUT2D eigenvalue weighted by Gasteiger charge is 2.07. The molecule has 2 aromatic rings. The van der Waals surface area contributed by atoms with Gasteiger partial charge in [-0.25, -0.2) is 0 Å². The molecule has 0 radical (unpaired) electrons. The minimum atomic E-state index is 1.13. The van der Waals surface area contributed by atoms with Gasteiger partial charge in [-0.05, 0) is 57.2 Å². The van der Waals surface area contributed by atoms with Crippen molar-refractivity contribution in [1.82, 2.24) is 0 Å². The van der Waals surface area contributed by atoms with Crippen LogP contribution in [0.15, 0.2) is 17.5 Å². The lowest BCUT2D eigenvalue weighted by Crippen LogP contribution is -1.85. The number of fused-ring (bicyclic) bond motifs is 1. The molecular weight excluding hydrogens is 406 g/mol. The molecule has 0 bridgehead atoms. The molecule has 0 saturated carbocycles. The molecule has 1 heterocycles. The van der Waals surface area contributed by atoms with Crippen molar-refractivity contribution in [2.45, 2.75) is 13.3 Å². The van der Waals surface area contributed by atoms with Crippen molar-refractivity contribution in [2.24, 2.45) is 0 Å². The number of benzene rings is 1. The summed E-state index contributed by atoms with van der Waals surface area (Å²) in [5, 5.41) is 3.64. The second kappa shape index (κ2) is 4.02. The van der Waals surface area contributed by atoms with E-state index in [9.17, 15) is 0 Å². The highest BCUT2D eigenvalue weighted by molar-refractivity contribution is 14.1. The third kappa shape index (κ3) is 1.74. The summed E-state index contributed by atoms with van der Waals surface area (Å²) in [6.07, 6.45) is 1.13. The molecule has 68 valence electrons. The van der Waals surface area contributed by atoms with E-state index in [-0.39, 0.29) is 0 Å². The van der Waals surface area contributed by atoms with Crippen LogP contribution in [-0.4, -0.2) is 0 Å². The Kier molecular flexibility index (Phi) is 3.14. The van der Waals surface area contributed by atoms with Gasteiger partial charge in [0.05, 0.1) is 0 Å². The van der Waals surface area contributed by atoms with Crippen LogP contribution >= 0.6 is 56.5 Å². The van der Waals surface area contributed by atoms with Gasteiger partial charge in [0.1, 0.15) is 0 Å². The van der Waals surface area contributed by atoms with Crippen LogP contribution in [0.5, 0.6) is 0 Å². The van der Waals surface area contributed by atoms with Crippen LogP contribution in [0.2, 0.25) is 0 Å². The molecule has 0 unspecified atom stereocenters. The monoisotopic (exact) mass is 414 g/mol. The summed E-state index contributed by atoms with van der Waals surface area (Å²) in [4.78, 5) is 0. The Hall–Kier alpha value is 0.640. The predicted molar refractivity (Wildman–Crippen MR) is 76.6 cm³/mol. The van der Waals surface area contributed by atoms with Gasteiger partial charge in [-0.15, -0.1) is 11.3 Å². The number of aryl methyl sites for hydroxylation is 1. The van der Waals surface area contributed by atoms with Gasteiger partial charge < -0.3 is 0 Å². The van der Waals surface area contributed by atoms with Crippen molar-refractivity contribution >= 4 is 66.6 Å². The maximum atomic E-state index is 2.46. The molecule has 1 aromatic heterocycles. The molecule has 1 aromatic carbocycles. The Labute approximate surface area is 109 Å². The van der Waals surface area contributed by atoms with E-state index in [2.05, 4.69) is 69.6 Å². The number of thiophene rings is 1. The summed E-state index contributed by atoms with van der Waals surface area (Å²) in [6.45, 7) is 2.21. The molecule has 0 atom stereocenters. The largest absolute Gasteiger partial charge is 0.142 e. The zero-order chi connectivity index (χ0) is 9.42. The van der Waals surface area contributed by atoms with E-state index >= 15 is 0 Å². The van der Waals surface area contributed by atoms with Crippen molar-refractivity contribution in [1.29, 1.82) is 0 Å². The van der Waals surface area contributed by atoms with Crippen LogP contribution in [-0.2, 0) is 6.42 Å². The van der Waals surface area contributed by atoms with Crippen LogP contribution in [0.25, 0.3) is 10.1 Å². The normalized spacial score (nSPS) is 11.0. The second-order valence-corrected chi connectivity index (χ2v) is 5.97. The summed E-state index contributed by atoms with van der Waals surface area (Å²) in [7, 11) is 0. The molecule has 0 aliphatic heterocycles. The Bertz CT molecular complexity index is 445. The molecule has 0 nitrogen and oxygen atoms in total. The quantitative estimate of drug-likeness (QED) is 0.596. The maximum absolute atomic E-state index is 2.46. The molecule has 2 rings (SSSR count). The van der Waals surface area contributed by atoms with Crippen LogP contribution in [0.4, 0.5) is 0 Å². The fourth-order valence-corrected chi connectivity index (χ4v) is 4.48. The van der Waals surface area contributed by atoms with E-state index in [1.807, 2.05) is 11.3 Å². The third-order valence-electron chi connectivity index (χ3n) is 2.10. The topological polar surface area (TPSA) is 0 Å². The van der Waals surface area contributed by atoms with Gasteiger partial charge in [-0.1, -0.05) is 19.1 Å². The maximum Gasteiger partial charge on any atom is 0.0490 e. The molecule has 0 aliphatic carbocycles. The summed E-state index contributed by atoms with van der Waals surface area (Å²) < 4.78 is 4.26. The number of halogens is 2. The summed E-state index contributed by atoms with van der Waals surface area (Å²) in [5.41, 5.74) is 1.46. The predicted octanol–water partition coefficient (Wildman–Crippen LogP) is 4.67. The zero-order valence-corrected chi connectivity index (χ0v) is 12.2. The van der Waals surface area contributed by atoms with E-state index in [4.69, 9.17) is 0 Å². The molecule has 0 fully saturated rings. The Morgan fingerprint density at radius 2 is 2.08 bits per heavy atom. The summed E-state index contributed by atoms with van der Waals surface area (Å²) >= 11 is 6.72. The second-order valence-electron chi connectivity index (χ2n) is 2.85. The van der Waals surface area contributed by atoms with E-state index in [1.54, 1.807) is 0 Å². The minimum Gasteiger partial charge on any atom is -0.142 e. The van der Waals surface area contributed by atoms with Gasteiger partial charge in [-0.2, -0.15) is 0 Å². The van der Waals surface area contributed by atoms with Crippen LogP contribution in [0, 0.1) is 7.14 Å². The molecule has 0 N–H and O–H groups in total. The van der Waals surface area contributed by atoms with E-state index in [0.717, 1.165) is 6.42 Å². The first-order valence-corrected chi connectivity index (χ1v) is 7.11. The molecule has 0 spiro atoms. The van der Waals surface area contributed by atoms with Crippen molar-refractivity contribution in [2.75, 3.05) is 0 Å². The lowest BCUT2D eigenvalue weighted by atomic mass is 10.1. The highest BCUT2D eigenvalue weighted by atomic mass is 127. The van der Waals surface area contributed by atoms with Gasteiger partial charge in [0, 0.05) is 22.6 Å². The van der Waals surface area contributed by atoms with Gasteiger partial charge in [0.2, 0.25) is 0 Å². The highest BCUT2D eigenvalue weighted by Crippen LogP contribution is 2.32. The van der Waals surface area contributed by atoms with Gasteiger partial charge in [0.25, 0.3) is 0 Å². The average Bonchev–Trinajstić information content (AvgIpc) is 2.50. The fourth-order valence-electron chi connectivity index (χ4n) is 1.35. The number of hydrogen-bond acceptors (Lipinski definition) is 1. The van der Waals surface area contributed by atoms with Crippen molar-refractivity contribution in [3.8, 4) is 0 Å². The minimum absolute atomic E-state index is 1.13. The van der Waals surface area contributed by atoms with Gasteiger partial charge in [-0.3, -0.25) is 0 Å². The third-order valence-corrected chi connectivity index (χ3v) is 6.02. The van der Waals surface area contributed by atoms with Crippen LogP contribution in [0.3, 0.4) is 0 Å². The zero-order valence-electron chi connectivity index (χ0n) is 7.10. The first-order chi connectivity index (χ1) is 6.24. The Balaban J connectivity index is 2.80. The smallest absolute Gasteiger partial charge is 0.0490 e. The SMILES string of the molecule is CCc1ccc2c(I)csc2c1I. The molecule has 13 heavy (non-hydrogen) atoms. The Morgan fingerprint density at radius 3 is 2.77 bits per heavy atom. The van der Waals surface area contributed by atoms with Crippen molar-refractivity contribution in [3.63, 3.8) is 0 Å². The van der Waals surface area contributed by atoms with Gasteiger partial charge in [0.15, 0.2) is 0 Å². The Morgan fingerprint density at radius 1 is 1.31 bits per heavy atom. The van der Waals surface area contributed by atoms with E-state index in [0.29, 0.717) is 0 Å².